The Morgan fingerprint density at radius 3 is 2.06 bits per heavy atom. The topological polar surface area (TPSA) is 170 Å². The zero-order chi connectivity index (χ0) is 38.4. The Kier molecular flexibility index (Phi) is 18.8. The van der Waals surface area contributed by atoms with Gasteiger partial charge in [-0.2, -0.15) is 0 Å². The summed E-state index contributed by atoms with van der Waals surface area (Å²) in [5.41, 5.74) is 1.63. The van der Waals surface area contributed by atoms with E-state index in [0.717, 1.165) is 38.8 Å². The summed E-state index contributed by atoms with van der Waals surface area (Å²) in [6.45, 7) is 16.0. The van der Waals surface area contributed by atoms with Crippen LogP contribution in [0.4, 0.5) is 0 Å². The van der Waals surface area contributed by atoms with Crippen LogP contribution in [0, 0.1) is 23.7 Å². The third-order valence-corrected chi connectivity index (χ3v) is 10.8. The molecular weight excluding hydrogens is 656 g/mol. The minimum atomic E-state index is -0.915. The highest BCUT2D eigenvalue weighted by Crippen LogP contribution is 2.30. The number of carbonyl (C=O) groups excluding carboxylic acids is 5. The van der Waals surface area contributed by atoms with Gasteiger partial charge in [0, 0.05) is 27.8 Å². The first kappa shape index (κ1) is 44.4. The lowest BCUT2D eigenvalue weighted by Gasteiger charge is -2.41. The number of ether oxygens (including phenoxy) is 2. The van der Waals surface area contributed by atoms with Crippen molar-refractivity contribution < 1.29 is 38.7 Å². The van der Waals surface area contributed by atoms with Crippen molar-refractivity contribution in [2.75, 3.05) is 47.4 Å². The second kappa shape index (κ2) is 21.7. The van der Waals surface area contributed by atoms with E-state index >= 15 is 0 Å². The van der Waals surface area contributed by atoms with Crippen LogP contribution in [0.3, 0.4) is 0 Å². The van der Waals surface area contributed by atoms with Crippen LogP contribution in [-0.4, -0.2) is 133 Å². The van der Waals surface area contributed by atoms with Gasteiger partial charge in [0.15, 0.2) is 0 Å². The van der Waals surface area contributed by atoms with Crippen LogP contribution < -0.4 is 16.1 Å². The molecule has 14 nitrogen and oxygen atoms in total. The van der Waals surface area contributed by atoms with Gasteiger partial charge in [0.05, 0.1) is 43.2 Å². The van der Waals surface area contributed by atoms with Crippen LogP contribution in [0.2, 0.25) is 0 Å². The maximum atomic E-state index is 14.1. The fourth-order valence-corrected chi connectivity index (χ4v) is 7.66. The summed E-state index contributed by atoms with van der Waals surface area (Å²) in [5.74, 6) is -2.45. The number of nitrogens with one attached hydrogen (secondary N) is 3. The molecule has 2 saturated heterocycles. The van der Waals surface area contributed by atoms with Crippen LogP contribution in [0.5, 0.6) is 0 Å². The van der Waals surface area contributed by atoms with Crippen molar-refractivity contribution in [3.05, 3.63) is 0 Å². The van der Waals surface area contributed by atoms with Crippen molar-refractivity contribution in [1.82, 2.24) is 30.8 Å². The Hall–Kier alpha value is -2.81. The quantitative estimate of drug-likeness (QED) is 0.109. The Morgan fingerprint density at radius 1 is 0.882 bits per heavy atom. The Labute approximate surface area is 306 Å². The van der Waals surface area contributed by atoms with E-state index in [0.29, 0.717) is 19.4 Å². The fraction of sp³-hybridized carbons (Fsp3) is 0.865. The molecule has 0 radical (unpaired) electrons. The van der Waals surface area contributed by atoms with Gasteiger partial charge in [-0.3, -0.25) is 34.1 Å². The first-order chi connectivity index (χ1) is 24.1. The van der Waals surface area contributed by atoms with E-state index in [4.69, 9.17) is 9.47 Å². The number of likely N-dealkylation sites (N-methyl/N-ethyl adjacent to an activating group) is 1. The van der Waals surface area contributed by atoms with Gasteiger partial charge < -0.3 is 29.9 Å². The van der Waals surface area contributed by atoms with Gasteiger partial charge in [0.25, 0.3) is 5.91 Å². The minimum Gasteiger partial charge on any atom is -0.379 e. The number of likely N-dealkylation sites (tertiary alicyclic amines) is 2. The maximum Gasteiger partial charge on any atom is 0.265 e. The van der Waals surface area contributed by atoms with Gasteiger partial charge in [-0.1, -0.05) is 61.3 Å². The van der Waals surface area contributed by atoms with E-state index in [9.17, 15) is 29.2 Å². The standard InChI is InChI=1S/C37H68N6O8/c1-11-25(6)33(41(8)37(48)32(24(4)5)39-30(44)22-42-17-13-12-14-18-42)29(50-9)21-31(45)43-19-15-16-28(43)34(51-10)26(7)35(46)38-27(20-23(2)3)36(47)40-49/h23-29,32-34,49H,11-22H2,1-10H3,(H,38,46)(H,39,44)(H,40,47)/t25-,26+,27-,28-,29+,32-,33-,34+/m0/s1. The average molecular weight is 725 g/mol. The SMILES string of the molecule is CC[C@H](C)[C@@H]([C@@H](CC(=O)N1CCC[C@H]1[C@H](OC)[C@@H](C)C(=O)N[C@@H](CC(C)C)C(=O)NO)OC)N(C)C(=O)[C@@H](NC(=O)CN1CCCCC1)C(C)C. The number of hydrogen-bond donors (Lipinski definition) is 4. The number of nitrogens with zero attached hydrogens (tertiary/aromatic N) is 3. The molecule has 5 amide bonds. The number of hydroxylamine groups is 1. The summed E-state index contributed by atoms with van der Waals surface area (Å²) < 4.78 is 11.8. The Morgan fingerprint density at radius 2 is 1.53 bits per heavy atom. The molecule has 0 spiro atoms. The highest BCUT2D eigenvalue weighted by atomic mass is 16.5. The molecule has 8 atom stereocenters. The molecule has 0 aromatic rings. The van der Waals surface area contributed by atoms with Gasteiger partial charge in [-0.25, -0.2) is 5.48 Å². The number of hydrogen-bond acceptors (Lipinski definition) is 9. The predicted octanol–water partition coefficient (Wildman–Crippen LogP) is 2.57. The summed E-state index contributed by atoms with van der Waals surface area (Å²) in [5, 5.41) is 15.0. The second-order valence-electron chi connectivity index (χ2n) is 15.4. The monoisotopic (exact) mass is 725 g/mol. The van der Waals surface area contributed by atoms with E-state index in [-0.39, 0.29) is 48.4 Å². The van der Waals surface area contributed by atoms with E-state index in [1.54, 1.807) is 36.4 Å². The van der Waals surface area contributed by atoms with Crippen molar-refractivity contribution in [2.24, 2.45) is 23.7 Å². The molecule has 0 unspecified atom stereocenters. The van der Waals surface area contributed by atoms with Gasteiger partial charge in [0.1, 0.15) is 12.1 Å². The van der Waals surface area contributed by atoms with Crippen molar-refractivity contribution in [1.29, 1.82) is 0 Å². The van der Waals surface area contributed by atoms with E-state index in [2.05, 4.69) is 15.5 Å². The molecule has 0 aromatic heterocycles. The lowest BCUT2D eigenvalue weighted by Crippen LogP contribution is -2.58. The lowest BCUT2D eigenvalue weighted by atomic mass is 9.89. The summed E-state index contributed by atoms with van der Waals surface area (Å²) in [6, 6.07) is -2.48. The third kappa shape index (κ3) is 12.7. The van der Waals surface area contributed by atoms with Gasteiger partial charge in [-0.15, -0.1) is 0 Å². The summed E-state index contributed by atoms with van der Waals surface area (Å²) in [7, 11) is 4.79. The lowest BCUT2D eigenvalue weighted by molar-refractivity contribution is -0.148. The largest absolute Gasteiger partial charge is 0.379 e. The normalized spacial score (nSPS) is 21.0. The number of methoxy groups -OCH3 is 2. The van der Waals surface area contributed by atoms with Crippen LogP contribution >= 0.6 is 0 Å². The molecule has 2 heterocycles. The van der Waals surface area contributed by atoms with Gasteiger partial charge in [-0.05, 0) is 62.9 Å². The fourth-order valence-electron chi connectivity index (χ4n) is 7.66. The van der Waals surface area contributed by atoms with Crippen LogP contribution in [0.15, 0.2) is 0 Å². The first-order valence-corrected chi connectivity index (χ1v) is 19.0. The average Bonchev–Trinajstić information content (AvgIpc) is 3.59. The Bertz CT molecular complexity index is 1130. The van der Waals surface area contributed by atoms with Crippen molar-refractivity contribution in [2.45, 2.75) is 136 Å². The minimum absolute atomic E-state index is 0.0113. The second-order valence-corrected chi connectivity index (χ2v) is 15.4. The molecule has 2 aliphatic rings. The molecule has 51 heavy (non-hydrogen) atoms. The molecule has 2 rings (SSSR count). The number of carbonyl (C=O) groups is 5. The van der Waals surface area contributed by atoms with Crippen molar-refractivity contribution in [3.63, 3.8) is 0 Å². The molecular formula is C37H68N6O8. The number of rotatable bonds is 20. The molecule has 2 fully saturated rings. The molecule has 0 bridgehead atoms. The summed E-state index contributed by atoms with van der Waals surface area (Å²) in [4.78, 5) is 72.5. The van der Waals surface area contributed by atoms with Crippen LogP contribution in [0.1, 0.15) is 99.8 Å². The van der Waals surface area contributed by atoms with Crippen LogP contribution in [0.25, 0.3) is 0 Å². The molecule has 2 aliphatic heterocycles. The van der Waals surface area contributed by atoms with Crippen LogP contribution in [-0.2, 0) is 33.4 Å². The van der Waals surface area contributed by atoms with E-state index < -0.39 is 54.1 Å². The van der Waals surface area contributed by atoms with Gasteiger partial charge >= 0.3 is 0 Å². The molecule has 0 saturated carbocycles. The predicted molar refractivity (Wildman–Crippen MR) is 194 cm³/mol. The van der Waals surface area contributed by atoms with E-state index in [1.165, 1.54) is 13.5 Å². The van der Waals surface area contributed by atoms with Crippen molar-refractivity contribution in [3.8, 4) is 0 Å². The zero-order valence-corrected chi connectivity index (χ0v) is 32.9. The highest BCUT2D eigenvalue weighted by molar-refractivity contribution is 5.89. The first-order valence-electron chi connectivity index (χ1n) is 19.0. The molecule has 14 heteroatoms. The maximum absolute atomic E-state index is 14.1. The number of piperidine rings is 1. The number of amides is 5. The summed E-state index contributed by atoms with van der Waals surface area (Å²) >= 11 is 0. The molecule has 294 valence electrons. The Balaban J connectivity index is 2.22. The molecule has 0 aromatic carbocycles. The molecule has 0 aliphatic carbocycles. The zero-order valence-electron chi connectivity index (χ0n) is 32.9. The van der Waals surface area contributed by atoms with Gasteiger partial charge in [0.2, 0.25) is 23.6 Å². The third-order valence-electron chi connectivity index (χ3n) is 10.8. The molecule has 4 N–H and O–H groups in total. The highest BCUT2D eigenvalue weighted by Gasteiger charge is 2.43. The summed E-state index contributed by atoms with van der Waals surface area (Å²) in [6.07, 6.45) is 4.48. The van der Waals surface area contributed by atoms with Crippen molar-refractivity contribution >= 4 is 29.5 Å². The smallest absolute Gasteiger partial charge is 0.265 e. The van der Waals surface area contributed by atoms with E-state index in [1.807, 2.05) is 41.5 Å².